The van der Waals surface area contributed by atoms with Crippen molar-refractivity contribution in [3.63, 3.8) is 0 Å². The van der Waals surface area contributed by atoms with Gasteiger partial charge < -0.3 is 9.47 Å². The molecule has 0 fully saturated rings. The summed E-state index contributed by atoms with van der Waals surface area (Å²) in [5.74, 6) is 1.10. The highest BCUT2D eigenvalue weighted by Gasteiger charge is 2.06. The molecular weight excluding hydrogens is 376 g/mol. The van der Waals surface area contributed by atoms with Crippen LogP contribution >= 0.6 is 0 Å². The zero-order valence-electron chi connectivity index (χ0n) is 17.5. The zero-order chi connectivity index (χ0) is 21.3. The smallest absolute Gasteiger partial charge is 0.244 e. The maximum absolute atomic E-state index is 12.1. The third-order valence-corrected chi connectivity index (χ3v) is 4.76. The number of hydrazone groups is 1. The van der Waals surface area contributed by atoms with Gasteiger partial charge in [-0.2, -0.15) is 5.10 Å². The van der Waals surface area contributed by atoms with E-state index in [1.165, 1.54) is 11.1 Å². The highest BCUT2D eigenvalue weighted by atomic mass is 16.5. The minimum absolute atomic E-state index is 0.163. The molecular formula is C25H26N2O3. The van der Waals surface area contributed by atoms with Crippen LogP contribution in [0.4, 0.5) is 0 Å². The Morgan fingerprint density at radius 3 is 2.47 bits per heavy atom. The predicted octanol–water partition coefficient (Wildman–Crippen LogP) is 4.58. The molecule has 0 radical (unpaired) electrons. The van der Waals surface area contributed by atoms with Crippen molar-refractivity contribution in [2.45, 2.75) is 26.9 Å². The summed E-state index contributed by atoms with van der Waals surface area (Å²) in [5, 5.41) is 4.06. The van der Waals surface area contributed by atoms with E-state index >= 15 is 0 Å². The number of benzene rings is 3. The van der Waals surface area contributed by atoms with Gasteiger partial charge in [-0.3, -0.25) is 4.79 Å². The third kappa shape index (κ3) is 5.95. The largest absolute Gasteiger partial charge is 0.493 e. The van der Waals surface area contributed by atoms with E-state index in [1.54, 1.807) is 13.3 Å². The molecule has 5 heteroatoms. The van der Waals surface area contributed by atoms with Gasteiger partial charge in [0.2, 0.25) is 5.91 Å². The molecule has 3 aromatic carbocycles. The summed E-state index contributed by atoms with van der Waals surface area (Å²) in [6.07, 6.45) is 1.87. The van der Waals surface area contributed by atoms with Crippen LogP contribution in [0.15, 0.2) is 71.8 Å². The lowest BCUT2D eigenvalue weighted by Crippen LogP contribution is -2.19. The summed E-state index contributed by atoms with van der Waals surface area (Å²) in [4.78, 5) is 12.1. The monoisotopic (exact) mass is 402 g/mol. The maximum Gasteiger partial charge on any atom is 0.244 e. The van der Waals surface area contributed by atoms with Crippen LogP contribution in [0.2, 0.25) is 0 Å². The first kappa shape index (κ1) is 21.1. The van der Waals surface area contributed by atoms with Crippen molar-refractivity contribution in [3.05, 3.63) is 94.5 Å². The van der Waals surface area contributed by atoms with E-state index in [0.29, 0.717) is 18.1 Å². The fourth-order valence-corrected chi connectivity index (χ4v) is 2.94. The molecule has 0 spiro atoms. The fourth-order valence-electron chi connectivity index (χ4n) is 2.94. The summed E-state index contributed by atoms with van der Waals surface area (Å²) >= 11 is 0. The molecule has 3 aromatic rings. The molecule has 30 heavy (non-hydrogen) atoms. The van der Waals surface area contributed by atoms with Crippen LogP contribution in [0.5, 0.6) is 11.5 Å². The second-order valence-corrected chi connectivity index (χ2v) is 7.07. The number of rotatable bonds is 8. The van der Waals surface area contributed by atoms with Gasteiger partial charge in [-0.05, 0) is 59.9 Å². The lowest BCUT2D eigenvalue weighted by molar-refractivity contribution is -0.120. The van der Waals surface area contributed by atoms with Crippen molar-refractivity contribution in [3.8, 4) is 11.5 Å². The number of methoxy groups -OCH3 is 1. The van der Waals surface area contributed by atoms with Gasteiger partial charge >= 0.3 is 0 Å². The van der Waals surface area contributed by atoms with Gasteiger partial charge in [0.25, 0.3) is 0 Å². The highest BCUT2D eigenvalue weighted by Crippen LogP contribution is 2.28. The molecule has 0 aliphatic heterocycles. The number of hydrogen-bond acceptors (Lipinski definition) is 4. The molecule has 0 atom stereocenters. The van der Waals surface area contributed by atoms with Crippen molar-refractivity contribution in [1.29, 1.82) is 0 Å². The maximum atomic E-state index is 12.1. The van der Waals surface area contributed by atoms with E-state index in [-0.39, 0.29) is 12.3 Å². The topological polar surface area (TPSA) is 59.9 Å². The molecule has 154 valence electrons. The van der Waals surface area contributed by atoms with Crippen LogP contribution in [0.1, 0.15) is 27.8 Å². The summed E-state index contributed by atoms with van der Waals surface area (Å²) in [6, 6.07) is 21.5. The van der Waals surface area contributed by atoms with Crippen LogP contribution < -0.4 is 14.9 Å². The molecule has 0 saturated carbocycles. The molecule has 0 unspecified atom stereocenters. The number of nitrogens with zero attached hydrogens (tertiary/aromatic N) is 1. The quantitative estimate of drug-likeness (QED) is 0.443. The second kappa shape index (κ2) is 10.3. The van der Waals surface area contributed by atoms with Crippen LogP contribution in [-0.4, -0.2) is 19.2 Å². The Morgan fingerprint density at radius 2 is 1.73 bits per heavy atom. The van der Waals surface area contributed by atoms with Crippen molar-refractivity contribution >= 4 is 12.1 Å². The molecule has 0 aromatic heterocycles. The van der Waals surface area contributed by atoms with Crippen molar-refractivity contribution in [1.82, 2.24) is 5.43 Å². The van der Waals surface area contributed by atoms with E-state index in [2.05, 4.69) is 17.5 Å². The number of hydrogen-bond donors (Lipinski definition) is 1. The van der Waals surface area contributed by atoms with Crippen LogP contribution in [0, 0.1) is 13.8 Å². The summed E-state index contributed by atoms with van der Waals surface area (Å²) in [6.45, 7) is 4.55. The van der Waals surface area contributed by atoms with Crippen LogP contribution in [-0.2, 0) is 17.8 Å². The lowest BCUT2D eigenvalue weighted by atomic mass is 10.0. The van der Waals surface area contributed by atoms with E-state index in [0.717, 1.165) is 16.7 Å². The van der Waals surface area contributed by atoms with Crippen molar-refractivity contribution in [2.24, 2.45) is 5.10 Å². The number of ether oxygens (including phenoxy) is 2. The standard InChI is InChI=1S/C25H26N2O3/c1-18-9-10-21(13-19(18)2)15-25(28)27-26-16-22-11-12-23(24(14-22)29-3)30-17-20-7-5-4-6-8-20/h4-14,16H,15,17H2,1-3H3,(H,27,28)/b26-16-. The zero-order valence-corrected chi connectivity index (χ0v) is 17.5. The highest BCUT2D eigenvalue weighted by molar-refractivity contribution is 5.84. The number of amides is 1. The Hall–Kier alpha value is -3.60. The Morgan fingerprint density at radius 1 is 0.933 bits per heavy atom. The van der Waals surface area contributed by atoms with Crippen molar-refractivity contribution in [2.75, 3.05) is 7.11 Å². The predicted molar refractivity (Wildman–Crippen MR) is 119 cm³/mol. The minimum atomic E-state index is -0.163. The first-order valence-electron chi connectivity index (χ1n) is 9.78. The third-order valence-electron chi connectivity index (χ3n) is 4.76. The molecule has 3 rings (SSSR count). The molecule has 1 N–H and O–H groups in total. The SMILES string of the molecule is COc1cc(/C=N\NC(=O)Cc2ccc(C)c(C)c2)ccc1OCc1ccccc1. The average Bonchev–Trinajstić information content (AvgIpc) is 2.76. The van der Waals surface area contributed by atoms with Gasteiger partial charge in [0, 0.05) is 0 Å². The van der Waals surface area contributed by atoms with E-state index in [1.807, 2.05) is 73.7 Å². The number of carbonyl (C=O) groups excluding carboxylic acids is 1. The molecule has 0 heterocycles. The second-order valence-electron chi connectivity index (χ2n) is 7.07. The van der Waals surface area contributed by atoms with E-state index < -0.39 is 0 Å². The number of nitrogens with one attached hydrogen (secondary N) is 1. The fraction of sp³-hybridized carbons (Fsp3) is 0.200. The molecule has 0 bridgehead atoms. The molecule has 1 amide bonds. The number of aryl methyl sites for hydroxylation is 2. The van der Waals surface area contributed by atoms with E-state index in [4.69, 9.17) is 9.47 Å². The van der Waals surface area contributed by atoms with Gasteiger partial charge in [-0.25, -0.2) is 5.43 Å². The Bertz CT molecular complexity index is 1030. The molecule has 0 saturated heterocycles. The van der Waals surface area contributed by atoms with E-state index in [9.17, 15) is 4.79 Å². The van der Waals surface area contributed by atoms with Crippen molar-refractivity contribution < 1.29 is 14.3 Å². The minimum Gasteiger partial charge on any atom is -0.493 e. The van der Waals surface area contributed by atoms with Gasteiger partial charge in [0.15, 0.2) is 11.5 Å². The summed E-state index contributed by atoms with van der Waals surface area (Å²) < 4.78 is 11.3. The molecule has 5 nitrogen and oxygen atoms in total. The van der Waals surface area contributed by atoms with Gasteiger partial charge in [-0.1, -0.05) is 48.5 Å². The first-order valence-corrected chi connectivity index (χ1v) is 9.78. The summed E-state index contributed by atoms with van der Waals surface area (Å²) in [7, 11) is 1.59. The molecule has 0 aliphatic carbocycles. The lowest BCUT2D eigenvalue weighted by Gasteiger charge is -2.11. The van der Waals surface area contributed by atoms with Gasteiger partial charge in [-0.15, -0.1) is 0 Å². The van der Waals surface area contributed by atoms with Crippen LogP contribution in [0.25, 0.3) is 0 Å². The Kier molecular flexibility index (Phi) is 7.22. The van der Waals surface area contributed by atoms with Gasteiger partial charge in [0.1, 0.15) is 6.61 Å². The summed E-state index contributed by atoms with van der Waals surface area (Å²) in [5.41, 5.74) is 7.80. The normalized spacial score (nSPS) is 10.8. The van der Waals surface area contributed by atoms with Gasteiger partial charge in [0.05, 0.1) is 19.7 Å². The Balaban J connectivity index is 1.57. The average molecular weight is 402 g/mol. The molecule has 0 aliphatic rings. The Labute approximate surface area is 177 Å². The van der Waals surface area contributed by atoms with Crippen LogP contribution in [0.3, 0.4) is 0 Å². The first-order chi connectivity index (χ1) is 14.5. The number of carbonyl (C=O) groups is 1.